The molecule has 21 heavy (non-hydrogen) atoms. The summed E-state index contributed by atoms with van der Waals surface area (Å²) in [6.45, 7) is 6.31. The molecule has 5 nitrogen and oxygen atoms in total. The van der Waals surface area contributed by atoms with Crippen LogP contribution in [0.4, 0.5) is 0 Å². The number of carboxylic acids is 1. The monoisotopic (exact) mass is 291 g/mol. The maximum atomic E-state index is 11.8. The van der Waals surface area contributed by atoms with Gasteiger partial charge in [-0.1, -0.05) is 30.3 Å². The predicted octanol–water partition coefficient (Wildman–Crippen LogP) is 0.950. The normalized spacial score (nSPS) is 27.2. The number of rotatable bonds is 4. The maximum Gasteiger partial charge on any atom is 0.329 e. The van der Waals surface area contributed by atoms with E-state index >= 15 is 0 Å². The molecular weight excluding hydrogens is 266 g/mol. The number of carbonyl (C=O) groups is 1. The van der Waals surface area contributed by atoms with E-state index in [1.807, 2.05) is 18.2 Å². The van der Waals surface area contributed by atoms with E-state index < -0.39 is 11.5 Å². The van der Waals surface area contributed by atoms with E-state index in [1.54, 1.807) is 12.1 Å². The van der Waals surface area contributed by atoms with Crippen LogP contribution in [0.1, 0.15) is 19.4 Å². The summed E-state index contributed by atoms with van der Waals surface area (Å²) in [6, 6.07) is 9.88. The number of aliphatic carboxylic acids is 1. The number of carboxylic acid groups (broad SMARTS) is 1. The van der Waals surface area contributed by atoms with Gasteiger partial charge in [0.05, 0.1) is 0 Å². The maximum absolute atomic E-state index is 11.8. The van der Waals surface area contributed by atoms with Crippen molar-refractivity contribution in [2.75, 3.05) is 26.7 Å². The first-order valence-corrected chi connectivity index (χ1v) is 7.36. The second-order valence-corrected chi connectivity index (χ2v) is 6.20. The van der Waals surface area contributed by atoms with Gasteiger partial charge in [0, 0.05) is 31.7 Å². The van der Waals surface area contributed by atoms with E-state index in [0.717, 1.165) is 13.1 Å². The summed E-state index contributed by atoms with van der Waals surface area (Å²) in [5.41, 5.74) is 5.55. The summed E-state index contributed by atoms with van der Waals surface area (Å²) in [4.78, 5) is 16.2. The molecule has 0 amide bonds. The molecule has 3 N–H and O–H groups in total. The molecule has 1 aliphatic rings. The van der Waals surface area contributed by atoms with Crippen LogP contribution in [0.2, 0.25) is 0 Å². The Morgan fingerprint density at radius 1 is 1.29 bits per heavy atom. The lowest BCUT2D eigenvalue weighted by Crippen LogP contribution is -2.61. The van der Waals surface area contributed by atoms with Crippen LogP contribution in [0.25, 0.3) is 0 Å². The molecule has 0 bridgehead atoms. The fourth-order valence-electron chi connectivity index (χ4n) is 3.01. The van der Waals surface area contributed by atoms with Crippen LogP contribution >= 0.6 is 0 Å². The zero-order valence-electron chi connectivity index (χ0n) is 13.0. The summed E-state index contributed by atoms with van der Waals surface area (Å²) in [5, 5.41) is 9.64. The average molecular weight is 291 g/mol. The zero-order chi connectivity index (χ0) is 15.6. The molecule has 3 atom stereocenters. The van der Waals surface area contributed by atoms with Crippen LogP contribution in [0.3, 0.4) is 0 Å². The molecule has 0 aromatic heterocycles. The Bertz CT molecular complexity index is 482. The number of hydrogen-bond acceptors (Lipinski definition) is 4. The van der Waals surface area contributed by atoms with Crippen molar-refractivity contribution in [3.05, 3.63) is 35.9 Å². The van der Waals surface area contributed by atoms with Crippen molar-refractivity contribution in [2.45, 2.75) is 31.5 Å². The Kier molecular flexibility index (Phi) is 4.66. The highest BCUT2D eigenvalue weighted by Gasteiger charge is 2.40. The Hall–Kier alpha value is -1.43. The highest BCUT2D eigenvalue weighted by molar-refractivity contribution is 5.80. The van der Waals surface area contributed by atoms with Crippen molar-refractivity contribution in [2.24, 2.45) is 5.73 Å². The first-order chi connectivity index (χ1) is 9.84. The second kappa shape index (κ2) is 6.13. The van der Waals surface area contributed by atoms with E-state index in [-0.39, 0.29) is 0 Å². The van der Waals surface area contributed by atoms with Gasteiger partial charge in [0.25, 0.3) is 0 Å². The molecule has 0 radical (unpaired) electrons. The van der Waals surface area contributed by atoms with Crippen molar-refractivity contribution in [1.29, 1.82) is 0 Å². The van der Waals surface area contributed by atoms with E-state index in [0.29, 0.717) is 24.2 Å². The lowest BCUT2D eigenvalue weighted by Gasteiger charge is -2.44. The van der Waals surface area contributed by atoms with Gasteiger partial charge in [0.2, 0.25) is 0 Å². The highest BCUT2D eigenvalue weighted by atomic mass is 16.4. The zero-order valence-corrected chi connectivity index (χ0v) is 13.0. The van der Waals surface area contributed by atoms with E-state index in [2.05, 4.69) is 30.7 Å². The van der Waals surface area contributed by atoms with Crippen LogP contribution in [0.5, 0.6) is 0 Å². The molecule has 1 aliphatic heterocycles. The third-order valence-electron chi connectivity index (χ3n) is 4.58. The lowest BCUT2D eigenvalue weighted by atomic mass is 9.89. The fourth-order valence-corrected chi connectivity index (χ4v) is 3.01. The molecule has 1 aromatic carbocycles. The minimum absolute atomic E-state index is 0.328. The molecule has 1 saturated heterocycles. The van der Waals surface area contributed by atoms with Gasteiger partial charge in [-0.25, -0.2) is 4.79 Å². The quantitative estimate of drug-likeness (QED) is 0.864. The minimum atomic E-state index is -1.36. The van der Waals surface area contributed by atoms with Gasteiger partial charge in [-0.3, -0.25) is 9.80 Å². The molecule has 2 rings (SSSR count). The number of nitrogens with zero attached hydrogens (tertiary/aromatic N) is 2. The van der Waals surface area contributed by atoms with Crippen molar-refractivity contribution in [3.8, 4) is 0 Å². The molecule has 116 valence electrons. The summed E-state index contributed by atoms with van der Waals surface area (Å²) >= 11 is 0. The molecule has 1 aromatic rings. The van der Waals surface area contributed by atoms with Crippen LogP contribution in [-0.4, -0.2) is 59.6 Å². The van der Waals surface area contributed by atoms with Crippen molar-refractivity contribution in [1.82, 2.24) is 9.80 Å². The average Bonchev–Trinajstić information content (AvgIpc) is 2.45. The second-order valence-electron chi connectivity index (χ2n) is 6.20. The van der Waals surface area contributed by atoms with Crippen LogP contribution in [-0.2, 0) is 10.3 Å². The standard InChI is InChI=1S/C16H25N3O2/c1-12-9-19(10-13(2)18(12)3)11-16(17,15(20)21)14-7-5-4-6-8-14/h4-8,12-13H,9-11,17H2,1-3H3,(H,20,21). The summed E-state index contributed by atoms with van der Waals surface area (Å²) in [6.07, 6.45) is 0. The number of benzene rings is 1. The first kappa shape index (κ1) is 15.9. The first-order valence-electron chi connectivity index (χ1n) is 7.36. The van der Waals surface area contributed by atoms with Gasteiger partial charge >= 0.3 is 5.97 Å². The molecular formula is C16H25N3O2. The summed E-state index contributed by atoms with van der Waals surface area (Å²) in [7, 11) is 2.11. The predicted molar refractivity (Wildman–Crippen MR) is 83.1 cm³/mol. The van der Waals surface area contributed by atoms with Gasteiger partial charge in [0.1, 0.15) is 0 Å². The Balaban J connectivity index is 2.20. The van der Waals surface area contributed by atoms with Gasteiger partial charge in [-0.05, 0) is 26.5 Å². The number of hydrogen-bond donors (Lipinski definition) is 2. The largest absolute Gasteiger partial charge is 0.480 e. The summed E-state index contributed by atoms with van der Waals surface area (Å²) < 4.78 is 0. The Labute approximate surface area is 126 Å². The van der Waals surface area contributed by atoms with E-state index in [9.17, 15) is 9.90 Å². The van der Waals surface area contributed by atoms with Gasteiger partial charge < -0.3 is 10.8 Å². The number of likely N-dealkylation sites (N-methyl/N-ethyl adjacent to an activating group) is 1. The minimum Gasteiger partial charge on any atom is -0.480 e. The van der Waals surface area contributed by atoms with E-state index in [4.69, 9.17) is 5.73 Å². The third kappa shape index (κ3) is 3.26. The Morgan fingerprint density at radius 2 is 1.81 bits per heavy atom. The van der Waals surface area contributed by atoms with Crippen molar-refractivity contribution >= 4 is 5.97 Å². The van der Waals surface area contributed by atoms with Crippen molar-refractivity contribution < 1.29 is 9.90 Å². The molecule has 0 saturated carbocycles. The Morgan fingerprint density at radius 3 is 2.29 bits per heavy atom. The topological polar surface area (TPSA) is 69.8 Å². The highest BCUT2D eigenvalue weighted by Crippen LogP contribution is 2.23. The van der Waals surface area contributed by atoms with Crippen LogP contribution in [0.15, 0.2) is 30.3 Å². The number of nitrogens with two attached hydrogens (primary N) is 1. The summed E-state index contributed by atoms with van der Waals surface area (Å²) in [5.74, 6) is -0.979. The molecule has 3 unspecified atom stereocenters. The van der Waals surface area contributed by atoms with Crippen molar-refractivity contribution in [3.63, 3.8) is 0 Å². The molecule has 0 aliphatic carbocycles. The molecule has 0 spiro atoms. The number of piperazine rings is 1. The van der Waals surface area contributed by atoms with Crippen LogP contribution in [0, 0.1) is 0 Å². The SMILES string of the molecule is CC1CN(CC(N)(C(=O)O)c2ccccc2)CC(C)N1C. The molecule has 5 heteroatoms. The van der Waals surface area contributed by atoms with E-state index in [1.165, 1.54) is 0 Å². The third-order valence-corrected chi connectivity index (χ3v) is 4.58. The smallest absolute Gasteiger partial charge is 0.329 e. The molecule has 1 heterocycles. The van der Waals surface area contributed by atoms with Crippen LogP contribution < -0.4 is 5.73 Å². The van der Waals surface area contributed by atoms with Gasteiger partial charge in [-0.2, -0.15) is 0 Å². The van der Waals surface area contributed by atoms with Gasteiger partial charge in [-0.15, -0.1) is 0 Å². The lowest BCUT2D eigenvalue weighted by molar-refractivity contribution is -0.145. The fraction of sp³-hybridized carbons (Fsp3) is 0.562. The van der Waals surface area contributed by atoms with Gasteiger partial charge in [0.15, 0.2) is 5.54 Å². The molecule has 1 fully saturated rings.